The van der Waals surface area contributed by atoms with Crippen molar-refractivity contribution in [1.82, 2.24) is 5.32 Å². The Kier molecular flexibility index (Phi) is 7.45. The van der Waals surface area contributed by atoms with E-state index in [2.05, 4.69) is 17.6 Å². The fraction of sp³-hybridized carbons (Fsp3) is 0.600. The minimum atomic E-state index is -0.202. The van der Waals surface area contributed by atoms with Crippen LogP contribution >= 0.6 is 0 Å². The fourth-order valence-electron chi connectivity index (χ4n) is 2.47. The molecule has 0 aliphatic rings. The summed E-state index contributed by atoms with van der Waals surface area (Å²) in [5.41, 5.74) is 6.64. The van der Waals surface area contributed by atoms with E-state index in [1.54, 1.807) is 12.1 Å². The Morgan fingerprint density at radius 1 is 1.16 bits per heavy atom. The number of rotatable bonds is 9. The molecule has 19 heavy (non-hydrogen) atoms. The zero-order valence-corrected chi connectivity index (χ0v) is 12.0. The maximum Gasteiger partial charge on any atom is 0.123 e. The van der Waals surface area contributed by atoms with Gasteiger partial charge in [0.15, 0.2) is 0 Å². The van der Waals surface area contributed by atoms with E-state index in [-0.39, 0.29) is 5.82 Å². The van der Waals surface area contributed by atoms with E-state index in [0.29, 0.717) is 11.8 Å². The molecule has 0 heterocycles. The van der Waals surface area contributed by atoms with Gasteiger partial charge in [-0.1, -0.05) is 13.3 Å². The summed E-state index contributed by atoms with van der Waals surface area (Å²) in [4.78, 5) is 0. The van der Waals surface area contributed by atoms with E-state index in [4.69, 9.17) is 5.73 Å². The Balaban J connectivity index is 2.54. The first-order valence-electron chi connectivity index (χ1n) is 7.05. The average Bonchev–Trinajstić information content (AvgIpc) is 2.43. The molecule has 1 aromatic rings. The summed E-state index contributed by atoms with van der Waals surface area (Å²) in [5.74, 6) is 0.945. The molecule has 0 aliphatic carbocycles. The molecule has 0 amide bonds. The van der Waals surface area contributed by atoms with Crippen LogP contribution in [-0.2, 0) is 0 Å². The monoisotopic (exact) mass is 267 g/mol. The van der Waals surface area contributed by atoms with Crippen molar-refractivity contribution < 1.29 is 4.39 Å². The van der Waals surface area contributed by atoms with Crippen LogP contribution in [0.3, 0.4) is 0 Å². The van der Waals surface area contributed by atoms with Gasteiger partial charge in [-0.15, -0.1) is 0 Å². The standard InChI is InChI=1S/C15H26FN3/c1-3-12(8-9-17)13(10-18-2)11-19-15-6-4-14(16)5-7-15/h4-7,12-13,18-19H,3,8-11,17H2,1-2H3. The third-order valence-corrected chi connectivity index (χ3v) is 3.61. The molecule has 0 saturated heterocycles. The highest BCUT2D eigenvalue weighted by molar-refractivity contribution is 5.42. The van der Waals surface area contributed by atoms with Gasteiger partial charge in [-0.2, -0.15) is 0 Å². The van der Waals surface area contributed by atoms with Crippen LogP contribution in [-0.4, -0.2) is 26.7 Å². The summed E-state index contributed by atoms with van der Waals surface area (Å²) in [6.45, 7) is 4.79. The molecule has 1 aromatic carbocycles. The highest BCUT2D eigenvalue weighted by atomic mass is 19.1. The summed E-state index contributed by atoms with van der Waals surface area (Å²) in [5, 5.41) is 6.63. The SMILES string of the molecule is CCC(CCN)C(CNC)CNc1ccc(F)cc1. The molecule has 108 valence electrons. The molecule has 0 radical (unpaired) electrons. The zero-order chi connectivity index (χ0) is 14.1. The number of hydrogen-bond donors (Lipinski definition) is 3. The highest BCUT2D eigenvalue weighted by Gasteiger charge is 2.18. The predicted octanol–water partition coefficient (Wildman–Crippen LogP) is 2.45. The maximum atomic E-state index is 12.8. The van der Waals surface area contributed by atoms with Crippen LogP contribution < -0.4 is 16.4 Å². The normalized spacial score (nSPS) is 14.1. The largest absolute Gasteiger partial charge is 0.385 e. The first-order valence-corrected chi connectivity index (χ1v) is 7.05. The summed E-state index contributed by atoms with van der Waals surface area (Å²) >= 11 is 0. The molecular weight excluding hydrogens is 241 g/mol. The van der Waals surface area contributed by atoms with Crippen LogP contribution in [0.15, 0.2) is 24.3 Å². The molecule has 0 saturated carbocycles. The lowest BCUT2D eigenvalue weighted by Crippen LogP contribution is -2.32. The predicted molar refractivity (Wildman–Crippen MR) is 79.8 cm³/mol. The van der Waals surface area contributed by atoms with Gasteiger partial charge in [0.05, 0.1) is 0 Å². The zero-order valence-electron chi connectivity index (χ0n) is 12.0. The molecule has 1 rings (SSSR count). The average molecular weight is 267 g/mol. The number of nitrogens with two attached hydrogens (primary N) is 1. The van der Waals surface area contributed by atoms with Crippen molar-refractivity contribution in [2.75, 3.05) is 32.0 Å². The summed E-state index contributed by atoms with van der Waals surface area (Å²) in [6, 6.07) is 6.50. The van der Waals surface area contributed by atoms with Crippen molar-refractivity contribution in [2.45, 2.75) is 19.8 Å². The Morgan fingerprint density at radius 3 is 2.37 bits per heavy atom. The molecule has 4 heteroatoms. The molecule has 3 nitrogen and oxygen atoms in total. The molecule has 4 N–H and O–H groups in total. The Bertz CT molecular complexity index is 340. The lowest BCUT2D eigenvalue weighted by molar-refractivity contribution is 0.313. The van der Waals surface area contributed by atoms with Gasteiger partial charge in [0, 0.05) is 12.2 Å². The number of halogens is 1. The molecule has 0 spiro atoms. The van der Waals surface area contributed by atoms with Gasteiger partial charge >= 0.3 is 0 Å². The van der Waals surface area contributed by atoms with Crippen LogP contribution in [0.5, 0.6) is 0 Å². The van der Waals surface area contributed by atoms with Gasteiger partial charge in [-0.25, -0.2) is 4.39 Å². The van der Waals surface area contributed by atoms with E-state index in [0.717, 1.165) is 38.2 Å². The van der Waals surface area contributed by atoms with Gasteiger partial charge in [0.2, 0.25) is 0 Å². The minimum Gasteiger partial charge on any atom is -0.385 e. The Labute approximate surface area is 115 Å². The van der Waals surface area contributed by atoms with Crippen molar-refractivity contribution in [3.63, 3.8) is 0 Å². The van der Waals surface area contributed by atoms with E-state index in [1.807, 2.05) is 7.05 Å². The van der Waals surface area contributed by atoms with Gasteiger partial charge in [0.25, 0.3) is 0 Å². The quantitative estimate of drug-likeness (QED) is 0.644. The van der Waals surface area contributed by atoms with Gasteiger partial charge in [0.1, 0.15) is 5.82 Å². The highest BCUT2D eigenvalue weighted by Crippen LogP contribution is 2.20. The first kappa shape index (κ1) is 15.9. The Hall–Kier alpha value is -1.13. The number of nitrogens with one attached hydrogen (secondary N) is 2. The number of hydrogen-bond acceptors (Lipinski definition) is 3. The fourth-order valence-corrected chi connectivity index (χ4v) is 2.47. The van der Waals surface area contributed by atoms with Crippen LogP contribution in [0.25, 0.3) is 0 Å². The number of benzene rings is 1. The topological polar surface area (TPSA) is 50.1 Å². The summed E-state index contributed by atoms with van der Waals surface area (Å²) in [7, 11) is 1.97. The van der Waals surface area contributed by atoms with Gasteiger partial charge < -0.3 is 16.4 Å². The van der Waals surface area contributed by atoms with Crippen molar-refractivity contribution in [2.24, 2.45) is 17.6 Å². The van der Waals surface area contributed by atoms with Crippen molar-refractivity contribution in [3.8, 4) is 0 Å². The third kappa shape index (κ3) is 5.57. The van der Waals surface area contributed by atoms with Gasteiger partial charge in [-0.05, 0) is 62.7 Å². The van der Waals surface area contributed by atoms with Gasteiger partial charge in [-0.3, -0.25) is 0 Å². The first-order chi connectivity index (χ1) is 9.21. The number of anilines is 1. The minimum absolute atomic E-state index is 0.202. The van der Waals surface area contributed by atoms with E-state index < -0.39 is 0 Å². The van der Waals surface area contributed by atoms with E-state index >= 15 is 0 Å². The second-order valence-corrected chi connectivity index (χ2v) is 4.95. The van der Waals surface area contributed by atoms with Crippen LogP contribution in [0.4, 0.5) is 10.1 Å². The molecule has 0 bridgehead atoms. The molecular formula is C15H26FN3. The van der Waals surface area contributed by atoms with Crippen molar-refractivity contribution >= 4 is 5.69 Å². The second-order valence-electron chi connectivity index (χ2n) is 4.95. The third-order valence-electron chi connectivity index (χ3n) is 3.61. The molecule has 2 atom stereocenters. The van der Waals surface area contributed by atoms with E-state index in [9.17, 15) is 4.39 Å². The molecule has 0 aliphatic heterocycles. The van der Waals surface area contributed by atoms with Crippen LogP contribution in [0, 0.1) is 17.7 Å². The van der Waals surface area contributed by atoms with E-state index in [1.165, 1.54) is 12.1 Å². The second kappa shape index (κ2) is 8.88. The maximum absolute atomic E-state index is 12.8. The molecule has 0 fully saturated rings. The lowest BCUT2D eigenvalue weighted by Gasteiger charge is -2.26. The summed E-state index contributed by atoms with van der Waals surface area (Å²) < 4.78 is 12.8. The molecule has 0 aromatic heterocycles. The van der Waals surface area contributed by atoms with Crippen molar-refractivity contribution in [3.05, 3.63) is 30.1 Å². The van der Waals surface area contributed by atoms with Crippen molar-refractivity contribution in [1.29, 1.82) is 0 Å². The smallest absolute Gasteiger partial charge is 0.123 e. The lowest BCUT2D eigenvalue weighted by atomic mass is 9.87. The van der Waals surface area contributed by atoms with Crippen LogP contribution in [0.2, 0.25) is 0 Å². The van der Waals surface area contributed by atoms with Crippen LogP contribution in [0.1, 0.15) is 19.8 Å². The molecule has 2 unspecified atom stereocenters. The summed E-state index contributed by atoms with van der Waals surface area (Å²) in [6.07, 6.45) is 2.18. The Morgan fingerprint density at radius 2 is 1.84 bits per heavy atom.